The van der Waals surface area contributed by atoms with Crippen LogP contribution >= 0.6 is 11.6 Å². The molecule has 0 aliphatic heterocycles. The second-order valence-electron chi connectivity index (χ2n) is 4.53. The molecule has 1 aromatic carbocycles. The molecule has 2 aromatic heterocycles. The molecule has 3 aromatic rings. The molecule has 0 spiro atoms. The monoisotopic (exact) mass is 298 g/mol. The summed E-state index contributed by atoms with van der Waals surface area (Å²) in [6.45, 7) is 0. The van der Waals surface area contributed by atoms with Crippen LogP contribution in [0.3, 0.4) is 0 Å². The van der Waals surface area contributed by atoms with Gasteiger partial charge in [-0.15, -0.1) is 0 Å². The number of para-hydroxylation sites is 1. The average molecular weight is 299 g/mol. The molecular weight excluding hydrogens is 288 g/mol. The Kier molecular flexibility index (Phi) is 3.19. The molecule has 3 rings (SSSR count). The lowest BCUT2D eigenvalue weighted by molar-refractivity contribution is 0.103. The zero-order valence-electron chi connectivity index (χ0n) is 10.9. The molecule has 5 nitrogen and oxygen atoms in total. The van der Waals surface area contributed by atoms with E-state index in [1.807, 2.05) is 18.2 Å². The van der Waals surface area contributed by atoms with E-state index in [-0.39, 0.29) is 22.9 Å². The number of fused-ring (bicyclic) bond motifs is 1. The predicted octanol–water partition coefficient (Wildman–Crippen LogP) is 2.68. The maximum atomic E-state index is 12.5. The van der Waals surface area contributed by atoms with E-state index in [4.69, 9.17) is 23.1 Å². The van der Waals surface area contributed by atoms with Gasteiger partial charge in [-0.2, -0.15) is 0 Å². The highest BCUT2D eigenvalue weighted by atomic mass is 35.5. The van der Waals surface area contributed by atoms with Crippen molar-refractivity contribution in [2.45, 2.75) is 0 Å². The van der Waals surface area contributed by atoms with E-state index in [9.17, 15) is 4.79 Å². The molecule has 0 saturated carbocycles. The molecule has 0 saturated heterocycles. The van der Waals surface area contributed by atoms with Gasteiger partial charge in [0.15, 0.2) is 0 Å². The van der Waals surface area contributed by atoms with Gasteiger partial charge in [0, 0.05) is 17.3 Å². The summed E-state index contributed by atoms with van der Waals surface area (Å²) in [6, 6.07) is 10.3. The Morgan fingerprint density at radius 3 is 2.71 bits per heavy atom. The molecule has 0 bridgehead atoms. The van der Waals surface area contributed by atoms with Crippen LogP contribution in [0.4, 0.5) is 11.5 Å². The minimum atomic E-state index is -0.361. The van der Waals surface area contributed by atoms with Crippen LogP contribution in [-0.4, -0.2) is 15.8 Å². The molecule has 0 radical (unpaired) electrons. The fourth-order valence-corrected chi connectivity index (χ4v) is 2.25. The molecule has 4 N–H and O–H groups in total. The molecule has 2 heterocycles. The Morgan fingerprint density at radius 1 is 1.14 bits per heavy atom. The number of ketones is 1. The second-order valence-corrected chi connectivity index (χ2v) is 4.97. The van der Waals surface area contributed by atoms with Crippen molar-refractivity contribution in [2.75, 3.05) is 11.5 Å². The van der Waals surface area contributed by atoms with Gasteiger partial charge in [0.25, 0.3) is 0 Å². The third kappa shape index (κ3) is 2.39. The molecule has 21 heavy (non-hydrogen) atoms. The van der Waals surface area contributed by atoms with Crippen molar-refractivity contribution >= 4 is 39.8 Å². The van der Waals surface area contributed by atoms with Gasteiger partial charge in [0.2, 0.25) is 5.78 Å². The van der Waals surface area contributed by atoms with Gasteiger partial charge in [0.05, 0.1) is 16.1 Å². The van der Waals surface area contributed by atoms with Gasteiger partial charge in [0.1, 0.15) is 11.5 Å². The Morgan fingerprint density at radius 2 is 1.90 bits per heavy atom. The zero-order chi connectivity index (χ0) is 15.0. The Labute approximate surface area is 125 Å². The van der Waals surface area contributed by atoms with Crippen molar-refractivity contribution in [1.29, 1.82) is 0 Å². The summed E-state index contributed by atoms with van der Waals surface area (Å²) in [5.41, 5.74) is 13.3. The van der Waals surface area contributed by atoms with Crippen molar-refractivity contribution in [3.8, 4) is 0 Å². The fourth-order valence-electron chi connectivity index (χ4n) is 2.09. The van der Waals surface area contributed by atoms with Gasteiger partial charge in [-0.1, -0.05) is 29.8 Å². The SMILES string of the molecule is Nc1ncc(Cl)cc1C(=O)c1cc(N)c2ccccc2n1. The molecule has 6 heteroatoms. The second kappa shape index (κ2) is 5.03. The minimum absolute atomic E-state index is 0.109. The maximum absolute atomic E-state index is 12.5. The lowest BCUT2D eigenvalue weighted by Crippen LogP contribution is -2.09. The molecule has 0 aliphatic carbocycles. The number of benzene rings is 1. The Hall–Kier alpha value is -2.66. The normalized spacial score (nSPS) is 10.7. The third-order valence-corrected chi connectivity index (χ3v) is 3.32. The largest absolute Gasteiger partial charge is 0.398 e. The summed E-state index contributed by atoms with van der Waals surface area (Å²) in [6.07, 6.45) is 1.38. The fraction of sp³-hybridized carbons (Fsp3) is 0. The first kappa shape index (κ1) is 13.3. The summed E-state index contributed by atoms with van der Waals surface area (Å²) in [4.78, 5) is 20.7. The number of nitrogens with zero attached hydrogens (tertiary/aromatic N) is 2. The average Bonchev–Trinajstić information content (AvgIpc) is 2.49. The molecule has 0 aliphatic rings. The van der Waals surface area contributed by atoms with E-state index in [1.54, 1.807) is 6.07 Å². The number of aromatic nitrogens is 2. The van der Waals surface area contributed by atoms with Gasteiger partial charge >= 0.3 is 0 Å². The molecule has 0 amide bonds. The van der Waals surface area contributed by atoms with Crippen LogP contribution in [0.5, 0.6) is 0 Å². The van der Waals surface area contributed by atoms with Crippen molar-refractivity contribution in [3.63, 3.8) is 0 Å². The van der Waals surface area contributed by atoms with Gasteiger partial charge in [-0.05, 0) is 18.2 Å². The van der Waals surface area contributed by atoms with Gasteiger partial charge in [-0.3, -0.25) is 4.79 Å². The summed E-state index contributed by atoms with van der Waals surface area (Å²) in [5.74, 6) is -0.252. The number of nitrogen functional groups attached to an aromatic ring is 2. The lowest BCUT2D eigenvalue weighted by Gasteiger charge is -2.07. The first-order valence-corrected chi connectivity index (χ1v) is 6.55. The molecule has 0 fully saturated rings. The van der Waals surface area contributed by atoms with Crippen LogP contribution in [0.25, 0.3) is 10.9 Å². The number of nitrogens with two attached hydrogens (primary N) is 2. The van der Waals surface area contributed by atoms with Crippen molar-refractivity contribution in [2.24, 2.45) is 0 Å². The number of hydrogen-bond donors (Lipinski definition) is 2. The van der Waals surface area contributed by atoms with E-state index >= 15 is 0 Å². The quantitative estimate of drug-likeness (QED) is 0.709. The zero-order valence-corrected chi connectivity index (χ0v) is 11.6. The number of pyridine rings is 2. The highest BCUT2D eigenvalue weighted by Crippen LogP contribution is 2.23. The van der Waals surface area contributed by atoms with Crippen LogP contribution in [0, 0.1) is 0 Å². The number of hydrogen-bond acceptors (Lipinski definition) is 5. The van der Waals surface area contributed by atoms with Gasteiger partial charge in [-0.25, -0.2) is 9.97 Å². The Balaban J connectivity index is 2.16. The first-order chi connectivity index (χ1) is 10.1. The number of rotatable bonds is 2. The lowest BCUT2D eigenvalue weighted by atomic mass is 10.1. The van der Waals surface area contributed by atoms with Crippen molar-refractivity contribution in [1.82, 2.24) is 9.97 Å². The molecule has 0 unspecified atom stereocenters. The molecule has 0 atom stereocenters. The first-order valence-electron chi connectivity index (χ1n) is 6.17. The van der Waals surface area contributed by atoms with Crippen LogP contribution in [-0.2, 0) is 0 Å². The number of halogens is 1. The number of carbonyl (C=O) groups is 1. The highest BCUT2D eigenvalue weighted by Gasteiger charge is 2.17. The summed E-state index contributed by atoms with van der Waals surface area (Å²) >= 11 is 5.86. The van der Waals surface area contributed by atoms with E-state index in [0.29, 0.717) is 16.2 Å². The maximum Gasteiger partial charge on any atom is 0.215 e. The minimum Gasteiger partial charge on any atom is -0.398 e. The molecule has 104 valence electrons. The van der Waals surface area contributed by atoms with Crippen LogP contribution in [0.2, 0.25) is 5.02 Å². The van der Waals surface area contributed by atoms with Crippen LogP contribution < -0.4 is 11.5 Å². The molecular formula is C15H11ClN4O. The summed E-state index contributed by atoms with van der Waals surface area (Å²) in [7, 11) is 0. The van der Waals surface area contributed by atoms with Crippen molar-refractivity contribution in [3.05, 3.63) is 58.9 Å². The highest BCUT2D eigenvalue weighted by molar-refractivity contribution is 6.31. The standard InChI is InChI=1S/C15H11ClN4O/c16-8-5-10(15(18)19-7-8)14(21)13-6-11(17)9-3-1-2-4-12(9)20-13/h1-7H,(H2,17,20)(H2,18,19). The van der Waals surface area contributed by atoms with Crippen molar-refractivity contribution < 1.29 is 4.79 Å². The number of anilines is 2. The van der Waals surface area contributed by atoms with E-state index in [1.165, 1.54) is 18.3 Å². The summed E-state index contributed by atoms with van der Waals surface area (Å²) in [5, 5.41) is 1.13. The number of carbonyl (C=O) groups excluding carboxylic acids is 1. The van der Waals surface area contributed by atoms with E-state index < -0.39 is 0 Å². The Bertz CT molecular complexity index is 863. The van der Waals surface area contributed by atoms with Crippen LogP contribution in [0.1, 0.15) is 16.1 Å². The van der Waals surface area contributed by atoms with Gasteiger partial charge < -0.3 is 11.5 Å². The summed E-state index contributed by atoms with van der Waals surface area (Å²) < 4.78 is 0. The smallest absolute Gasteiger partial charge is 0.215 e. The van der Waals surface area contributed by atoms with Crippen LogP contribution in [0.15, 0.2) is 42.6 Å². The van der Waals surface area contributed by atoms with E-state index in [2.05, 4.69) is 9.97 Å². The topological polar surface area (TPSA) is 94.9 Å². The van der Waals surface area contributed by atoms with E-state index in [0.717, 1.165) is 5.39 Å². The predicted molar refractivity (Wildman–Crippen MR) is 83.2 cm³/mol. The third-order valence-electron chi connectivity index (χ3n) is 3.11.